The third-order valence-electron chi connectivity index (χ3n) is 2.81. The number of rotatable bonds is 6. The maximum atomic E-state index is 11.6. The van der Waals surface area contributed by atoms with Crippen LogP contribution in [0.15, 0.2) is 43.0 Å². The number of hydrogen-bond donors (Lipinski definition) is 2. The lowest BCUT2D eigenvalue weighted by atomic mass is 9.87. The Morgan fingerprint density at radius 3 is 2.53 bits per heavy atom. The summed E-state index contributed by atoms with van der Waals surface area (Å²) in [5.74, 6) is -1.13. The van der Waals surface area contributed by atoms with E-state index in [0.29, 0.717) is 5.56 Å². The Balaban J connectivity index is 3.04. The minimum absolute atomic E-state index is 0.0278. The molecule has 0 saturated carbocycles. The number of carbonyl (C=O) groups is 2. The van der Waals surface area contributed by atoms with E-state index >= 15 is 0 Å². The lowest BCUT2D eigenvalue weighted by Gasteiger charge is -2.29. The molecule has 1 aromatic rings. The summed E-state index contributed by atoms with van der Waals surface area (Å²) < 4.78 is 4.79. The molecule has 0 aliphatic carbocycles. The molecule has 1 unspecified atom stereocenters. The molecule has 2 N–H and O–H groups in total. The van der Waals surface area contributed by atoms with Crippen molar-refractivity contribution in [3.63, 3.8) is 0 Å². The Labute approximate surface area is 111 Å². The van der Waals surface area contributed by atoms with Crippen LogP contribution >= 0.6 is 0 Å². The van der Waals surface area contributed by atoms with Crippen LogP contribution in [-0.4, -0.2) is 23.8 Å². The number of alkyl carbamates (subject to hydrolysis) is 1. The molecule has 0 heterocycles. The number of nitrogens with one attached hydrogen (secondary N) is 1. The monoisotopic (exact) mass is 263 g/mol. The third-order valence-corrected chi connectivity index (χ3v) is 2.81. The minimum Gasteiger partial charge on any atom is -0.479 e. The zero-order chi connectivity index (χ0) is 14.3. The predicted octanol–water partition coefficient (Wildman–Crippen LogP) is 2.29. The topological polar surface area (TPSA) is 75.6 Å². The summed E-state index contributed by atoms with van der Waals surface area (Å²) in [6.07, 6.45) is 0.833. The quantitative estimate of drug-likeness (QED) is 0.772. The van der Waals surface area contributed by atoms with Crippen molar-refractivity contribution in [2.45, 2.75) is 18.9 Å². The molecule has 0 radical (unpaired) electrons. The lowest BCUT2D eigenvalue weighted by Crippen LogP contribution is -2.51. The Kier molecular flexibility index (Phi) is 5.11. The van der Waals surface area contributed by atoms with Crippen LogP contribution in [0, 0.1) is 0 Å². The van der Waals surface area contributed by atoms with E-state index in [9.17, 15) is 14.7 Å². The van der Waals surface area contributed by atoms with E-state index in [1.54, 1.807) is 37.3 Å². The number of carboxylic acids is 1. The Bertz CT molecular complexity index is 458. The second-order valence-electron chi connectivity index (χ2n) is 3.94. The van der Waals surface area contributed by atoms with Crippen LogP contribution in [0.1, 0.15) is 18.9 Å². The van der Waals surface area contributed by atoms with Crippen molar-refractivity contribution in [2.24, 2.45) is 0 Å². The van der Waals surface area contributed by atoms with E-state index in [4.69, 9.17) is 4.74 Å². The smallest absolute Gasteiger partial charge is 0.408 e. The number of carbonyl (C=O) groups excluding carboxylic acids is 1. The van der Waals surface area contributed by atoms with Crippen LogP contribution in [0.25, 0.3) is 0 Å². The number of ether oxygens (including phenoxy) is 1. The van der Waals surface area contributed by atoms with Crippen molar-refractivity contribution in [3.8, 4) is 0 Å². The molecule has 5 heteroatoms. The fraction of sp³-hybridized carbons (Fsp3) is 0.286. The molecule has 19 heavy (non-hydrogen) atoms. The first-order valence-corrected chi connectivity index (χ1v) is 5.91. The SMILES string of the molecule is C=CCOC(=O)NC(CC)(C(=O)O)c1ccccc1. The van der Waals surface area contributed by atoms with Gasteiger partial charge in [0.05, 0.1) is 0 Å². The fourth-order valence-electron chi connectivity index (χ4n) is 1.76. The largest absolute Gasteiger partial charge is 0.479 e. The van der Waals surface area contributed by atoms with Crippen LogP contribution in [-0.2, 0) is 15.1 Å². The summed E-state index contributed by atoms with van der Waals surface area (Å²) in [4.78, 5) is 23.2. The summed E-state index contributed by atoms with van der Waals surface area (Å²) in [7, 11) is 0. The number of aliphatic carboxylic acids is 1. The molecule has 1 amide bonds. The molecule has 0 aliphatic heterocycles. The van der Waals surface area contributed by atoms with Crippen molar-refractivity contribution in [1.29, 1.82) is 0 Å². The minimum atomic E-state index is -1.49. The fourth-order valence-corrected chi connectivity index (χ4v) is 1.76. The molecule has 5 nitrogen and oxygen atoms in total. The zero-order valence-electron chi connectivity index (χ0n) is 10.8. The van der Waals surface area contributed by atoms with Crippen LogP contribution in [0.3, 0.4) is 0 Å². The molecule has 1 rings (SSSR count). The molecule has 0 aliphatic rings. The van der Waals surface area contributed by atoms with Gasteiger partial charge >= 0.3 is 12.1 Å². The van der Waals surface area contributed by atoms with Gasteiger partial charge in [-0.2, -0.15) is 0 Å². The van der Waals surface area contributed by atoms with Gasteiger partial charge in [-0.1, -0.05) is 49.9 Å². The Morgan fingerprint density at radius 1 is 1.42 bits per heavy atom. The molecule has 1 aromatic carbocycles. The number of carboxylic acid groups (broad SMARTS) is 1. The van der Waals surface area contributed by atoms with Gasteiger partial charge in [0.2, 0.25) is 0 Å². The first kappa shape index (κ1) is 14.8. The molecule has 0 bridgehead atoms. The molecule has 0 spiro atoms. The van der Waals surface area contributed by atoms with E-state index in [1.165, 1.54) is 6.08 Å². The van der Waals surface area contributed by atoms with Gasteiger partial charge in [0.15, 0.2) is 5.54 Å². The van der Waals surface area contributed by atoms with Crippen molar-refractivity contribution in [3.05, 3.63) is 48.6 Å². The standard InChI is InChI=1S/C14H17NO4/c1-3-10-19-13(18)15-14(4-2,12(16)17)11-8-6-5-7-9-11/h3,5-9H,1,4,10H2,2H3,(H,15,18)(H,16,17). The highest BCUT2D eigenvalue weighted by Gasteiger charge is 2.40. The first-order chi connectivity index (χ1) is 9.06. The summed E-state index contributed by atoms with van der Waals surface area (Å²) in [5.41, 5.74) is -0.986. The van der Waals surface area contributed by atoms with Crippen LogP contribution in [0.5, 0.6) is 0 Å². The number of benzene rings is 1. The van der Waals surface area contributed by atoms with Gasteiger partial charge in [-0.25, -0.2) is 9.59 Å². The molecule has 0 aromatic heterocycles. The second-order valence-corrected chi connectivity index (χ2v) is 3.94. The van der Waals surface area contributed by atoms with Gasteiger partial charge in [-0.3, -0.25) is 0 Å². The van der Waals surface area contributed by atoms with Crippen molar-refractivity contribution in [2.75, 3.05) is 6.61 Å². The maximum absolute atomic E-state index is 11.6. The third kappa shape index (κ3) is 3.34. The molecule has 0 saturated heterocycles. The highest BCUT2D eigenvalue weighted by Crippen LogP contribution is 2.25. The average Bonchev–Trinajstić information content (AvgIpc) is 2.43. The summed E-state index contributed by atoms with van der Waals surface area (Å²) in [5, 5.41) is 11.9. The Hall–Kier alpha value is -2.30. The summed E-state index contributed by atoms with van der Waals surface area (Å²) in [6, 6.07) is 8.54. The highest BCUT2D eigenvalue weighted by molar-refractivity contribution is 5.85. The van der Waals surface area contributed by atoms with Gasteiger partial charge in [0.1, 0.15) is 6.61 Å². The predicted molar refractivity (Wildman–Crippen MR) is 70.7 cm³/mol. The molecule has 1 atom stereocenters. The first-order valence-electron chi connectivity index (χ1n) is 5.91. The van der Waals surface area contributed by atoms with Gasteiger partial charge < -0.3 is 15.2 Å². The van der Waals surface area contributed by atoms with E-state index in [-0.39, 0.29) is 13.0 Å². The number of hydrogen-bond acceptors (Lipinski definition) is 3. The average molecular weight is 263 g/mol. The van der Waals surface area contributed by atoms with E-state index in [1.807, 2.05) is 0 Å². The Morgan fingerprint density at radius 2 is 2.05 bits per heavy atom. The van der Waals surface area contributed by atoms with E-state index in [2.05, 4.69) is 11.9 Å². The lowest BCUT2D eigenvalue weighted by molar-refractivity contribution is -0.145. The summed E-state index contributed by atoms with van der Waals surface area (Å²) >= 11 is 0. The van der Waals surface area contributed by atoms with E-state index < -0.39 is 17.6 Å². The van der Waals surface area contributed by atoms with Gasteiger partial charge in [0, 0.05) is 0 Å². The normalized spacial score (nSPS) is 13.1. The van der Waals surface area contributed by atoms with Crippen molar-refractivity contribution >= 4 is 12.1 Å². The van der Waals surface area contributed by atoms with Crippen LogP contribution in [0.2, 0.25) is 0 Å². The maximum Gasteiger partial charge on any atom is 0.408 e. The van der Waals surface area contributed by atoms with Crippen molar-refractivity contribution < 1.29 is 19.4 Å². The van der Waals surface area contributed by atoms with Gasteiger partial charge in [-0.05, 0) is 12.0 Å². The number of amides is 1. The highest BCUT2D eigenvalue weighted by atomic mass is 16.5. The molecule has 102 valence electrons. The molecular formula is C14H17NO4. The van der Waals surface area contributed by atoms with Crippen molar-refractivity contribution in [1.82, 2.24) is 5.32 Å². The second kappa shape index (κ2) is 6.58. The molecular weight excluding hydrogens is 246 g/mol. The molecule has 0 fully saturated rings. The van der Waals surface area contributed by atoms with E-state index in [0.717, 1.165) is 0 Å². The van der Waals surface area contributed by atoms with Gasteiger partial charge in [0.25, 0.3) is 0 Å². The van der Waals surface area contributed by atoms with Crippen LogP contribution < -0.4 is 5.32 Å². The zero-order valence-corrected chi connectivity index (χ0v) is 10.8. The van der Waals surface area contributed by atoms with Crippen LogP contribution in [0.4, 0.5) is 4.79 Å². The summed E-state index contributed by atoms with van der Waals surface area (Å²) in [6.45, 7) is 5.14. The van der Waals surface area contributed by atoms with Gasteiger partial charge in [-0.15, -0.1) is 0 Å².